The fraction of sp³-hybridized carbons (Fsp3) is 0.0800. The zero-order valence-corrected chi connectivity index (χ0v) is 29.9. The number of rotatable bonds is 5. The van der Waals surface area contributed by atoms with Crippen molar-refractivity contribution in [3.8, 4) is 22.3 Å². The highest BCUT2D eigenvalue weighted by atomic mass is 16.3. The van der Waals surface area contributed by atoms with E-state index in [9.17, 15) is 0 Å². The molecule has 8 aromatic carbocycles. The van der Waals surface area contributed by atoms with Gasteiger partial charge in [0, 0.05) is 44.5 Å². The number of fused-ring (bicyclic) bond motifs is 7. The second-order valence-corrected chi connectivity index (χ2v) is 14.9. The summed E-state index contributed by atoms with van der Waals surface area (Å²) in [6.07, 6.45) is 0. The Balaban J connectivity index is 1.22. The SMILES string of the molecule is CC(C)(C)c1ccc(-c2ccc(N(c3ccc4c(c3)oc3ccccc34)c3ccc4ccccc4c3-c3cccc4oc5ccccc5c34)cc2)cc1. The van der Waals surface area contributed by atoms with Gasteiger partial charge in [-0.3, -0.25) is 0 Å². The third-order valence-corrected chi connectivity index (χ3v) is 10.7. The molecule has 0 unspecified atom stereocenters. The third kappa shape index (κ3) is 5.19. The van der Waals surface area contributed by atoms with E-state index in [1.807, 2.05) is 18.2 Å². The van der Waals surface area contributed by atoms with E-state index < -0.39 is 0 Å². The normalized spacial score (nSPS) is 12.1. The van der Waals surface area contributed by atoms with E-state index in [1.54, 1.807) is 0 Å². The number of hydrogen-bond donors (Lipinski definition) is 0. The monoisotopic (exact) mass is 683 g/mol. The zero-order chi connectivity index (χ0) is 35.7. The topological polar surface area (TPSA) is 29.5 Å². The molecule has 0 saturated heterocycles. The third-order valence-electron chi connectivity index (χ3n) is 10.7. The number of para-hydroxylation sites is 2. The van der Waals surface area contributed by atoms with Crippen LogP contribution in [-0.2, 0) is 5.41 Å². The Labute approximate surface area is 308 Å². The standard InChI is InChI=1S/C50H37NO2/c1-50(2,3)35-24-19-32(20-25-35)33-21-26-36(27-22-33)51(37-28-29-40-39-13-6-8-16-44(39)53-47(40)31-37)43-30-23-34-11-4-5-12-38(34)48(43)42-15-10-18-46-49(42)41-14-7-9-17-45(41)52-46/h4-31H,1-3H3. The molecule has 3 heteroatoms. The smallest absolute Gasteiger partial charge is 0.137 e. The Hall–Kier alpha value is -6.58. The number of nitrogens with zero attached hydrogens (tertiary/aromatic N) is 1. The van der Waals surface area contributed by atoms with Gasteiger partial charge in [-0.15, -0.1) is 0 Å². The van der Waals surface area contributed by atoms with Crippen LogP contribution in [0.2, 0.25) is 0 Å². The lowest BCUT2D eigenvalue weighted by Crippen LogP contribution is -2.11. The van der Waals surface area contributed by atoms with Crippen molar-refractivity contribution in [2.24, 2.45) is 0 Å². The summed E-state index contributed by atoms with van der Waals surface area (Å²) in [4.78, 5) is 2.38. The van der Waals surface area contributed by atoms with E-state index in [-0.39, 0.29) is 5.41 Å². The lowest BCUT2D eigenvalue weighted by molar-refractivity contribution is 0.590. The summed E-state index contributed by atoms with van der Waals surface area (Å²) in [7, 11) is 0. The van der Waals surface area contributed by atoms with Gasteiger partial charge in [0.1, 0.15) is 22.3 Å². The van der Waals surface area contributed by atoms with Gasteiger partial charge in [0.15, 0.2) is 0 Å². The second kappa shape index (κ2) is 12.0. The summed E-state index contributed by atoms with van der Waals surface area (Å²) in [6.45, 7) is 6.76. The van der Waals surface area contributed by atoms with Crippen molar-refractivity contribution < 1.29 is 8.83 Å². The van der Waals surface area contributed by atoms with Gasteiger partial charge in [0.05, 0.1) is 5.69 Å². The van der Waals surface area contributed by atoms with Crippen LogP contribution in [0.5, 0.6) is 0 Å². The molecule has 0 amide bonds. The summed E-state index contributed by atoms with van der Waals surface area (Å²) in [6, 6.07) is 60.7. The lowest BCUT2D eigenvalue weighted by atomic mass is 9.86. The van der Waals surface area contributed by atoms with E-state index in [0.29, 0.717) is 0 Å². The first-order chi connectivity index (χ1) is 25.9. The van der Waals surface area contributed by atoms with Gasteiger partial charge in [-0.25, -0.2) is 0 Å². The van der Waals surface area contributed by atoms with Gasteiger partial charge in [-0.05, 0) is 87.0 Å². The zero-order valence-electron chi connectivity index (χ0n) is 29.9. The summed E-state index contributed by atoms with van der Waals surface area (Å²) in [5, 5.41) is 6.79. The predicted molar refractivity (Wildman–Crippen MR) is 223 cm³/mol. The van der Waals surface area contributed by atoms with Crippen LogP contribution >= 0.6 is 0 Å². The molecule has 0 bridgehead atoms. The molecular weight excluding hydrogens is 647 g/mol. The maximum atomic E-state index is 6.47. The maximum Gasteiger partial charge on any atom is 0.137 e. The summed E-state index contributed by atoms with van der Waals surface area (Å²) < 4.78 is 12.9. The number of furan rings is 2. The van der Waals surface area contributed by atoms with Crippen molar-refractivity contribution in [1.82, 2.24) is 0 Å². The van der Waals surface area contributed by atoms with Gasteiger partial charge in [-0.2, -0.15) is 0 Å². The van der Waals surface area contributed by atoms with E-state index >= 15 is 0 Å². The Bertz CT molecular complexity index is 2980. The molecule has 3 nitrogen and oxygen atoms in total. The Kier molecular flexibility index (Phi) is 7.06. The minimum atomic E-state index is 0.106. The molecule has 2 aromatic heterocycles. The van der Waals surface area contributed by atoms with Gasteiger partial charge < -0.3 is 13.7 Å². The molecule has 10 rings (SSSR count). The van der Waals surface area contributed by atoms with Crippen LogP contribution in [0.1, 0.15) is 26.3 Å². The molecule has 0 atom stereocenters. The first-order valence-corrected chi connectivity index (χ1v) is 18.3. The quantitative estimate of drug-likeness (QED) is 0.181. The molecule has 0 aliphatic carbocycles. The van der Waals surface area contributed by atoms with Crippen LogP contribution in [0.3, 0.4) is 0 Å². The van der Waals surface area contributed by atoms with Crippen molar-refractivity contribution in [2.45, 2.75) is 26.2 Å². The number of anilines is 3. The highest BCUT2D eigenvalue weighted by molar-refractivity contribution is 6.18. The Morgan fingerprint density at radius 2 is 1.02 bits per heavy atom. The summed E-state index contributed by atoms with van der Waals surface area (Å²) >= 11 is 0. The van der Waals surface area contributed by atoms with Crippen LogP contribution < -0.4 is 4.90 Å². The average Bonchev–Trinajstić information content (AvgIpc) is 3.76. The maximum absolute atomic E-state index is 6.47. The molecule has 0 aliphatic heterocycles. The minimum Gasteiger partial charge on any atom is -0.456 e. The Morgan fingerprint density at radius 1 is 0.434 bits per heavy atom. The van der Waals surface area contributed by atoms with Crippen molar-refractivity contribution in [3.63, 3.8) is 0 Å². The van der Waals surface area contributed by atoms with Crippen LogP contribution in [-0.4, -0.2) is 0 Å². The van der Waals surface area contributed by atoms with E-state index in [4.69, 9.17) is 8.83 Å². The van der Waals surface area contributed by atoms with Crippen LogP contribution in [0.25, 0.3) is 76.9 Å². The average molecular weight is 684 g/mol. The van der Waals surface area contributed by atoms with Crippen molar-refractivity contribution in [3.05, 3.63) is 175 Å². The van der Waals surface area contributed by atoms with Gasteiger partial charge in [0.25, 0.3) is 0 Å². The minimum absolute atomic E-state index is 0.106. The van der Waals surface area contributed by atoms with E-state index in [2.05, 4.69) is 177 Å². The molecule has 0 radical (unpaired) electrons. The molecule has 2 heterocycles. The van der Waals surface area contributed by atoms with Gasteiger partial charge in [0.2, 0.25) is 0 Å². The highest BCUT2D eigenvalue weighted by Crippen LogP contribution is 2.48. The number of hydrogen-bond acceptors (Lipinski definition) is 3. The molecule has 0 N–H and O–H groups in total. The lowest BCUT2D eigenvalue weighted by Gasteiger charge is -2.29. The summed E-state index contributed by atoms with van der Waals surface area (Å²) in [5.41, 5.74) is 12.7. The first-order valence-electron chi connectivity index (χ1n) is 18.3. The van der Waals surface area contributed by atoms with E-state index in [0.717, 1.165) is 72.1 Å². The van der Waals surface area contributed by atoms with Crippen molar-refractivity contribution >= 4 is 71.7 Å². The van der Waals surface area contributed by atoms with Gasteiger partial charge in [-0.1, -0.05) is 136 Å². The number of benzene rings is 8. The molecule has 10 aromatic rings. The van der Waals surface area contributed by atoms with Crippen molar-refractivity contribution in [2.75, 3.05) is 4.90 Å². The first kappa shape index (κ1) is 31.2. The highest BCUT2D eigenvalue weighted by Gasteiger charge is 2.23. The van der Waals surface area contributed by atoms with Gasteiger partial charge >= 0.3 is 0 Å². The molecule has 0 aliphatic rings. The van der Waals surface area contributed by atoms with Crippen LogP contribution in [0, 0.1) is 0 Å². The second-order valence-electron chi connectivity index (χ2n) is 14.9. The van der Waals surface area contributed by atoms with E-state index in [1.165, 1.54) is 27.5 Å². The molecular formula is C50H37NO2. The Morgan fingerprint density at radius 3 is 1.77 bits per heavy atom. The molecule has 53 heavy (non-hydrogen) atoms. The summed E-state index contributed by atoms with van der Waals surface area (Å²) in [5.74, 6) is 0. The van der Waals surface area contributed by atoms with Crippen LogP contribution in [0.15, 0.2) is 179 Å². The molecule has 0 saturated carbocycles. The van der Waals surface area contributed by atoms with Crippen molar-refractivity contribution in [1.29, 1.82) is 0 Å². The molecule has 0 fully saturated rings. The fourth-order valence-corrected chi connectivity index (χ4v) is 7.96. The molecule has 254 valence electrons. The predicted octanol–water partition coefficient (Wildman–Crippen LogP) is 14.7. The fourth-order valence-electron chi connectivity index (χ4n) is 7.96. The van der Waals surface area contributed by atoms with Crippen LogP contribution in [0.4, 0.5) is 17.1 Å². The largest absolute Gasteiger partial charge is 0.456 e. The molecule has 0 spiro atoms.